The highest BCUT2D eigenvalue weighted by molar-refractivity contribution is 9.13. The van der Waals surface area contributed by atoms with Crippen molar-refractivity contribution < 1.29 is 38.6 Å². The molecular formula is C37H31Br2ClN4O8S. The normalized spacial score (nSPS) is 26.6. The molecule has 2 aliphatic heterocycles. The summed E-state index contributed by atoms with van der Waals surface area (Å²) >= 11 is 14.9. The van der Waals surface area contributed by atoms with E-state index in [1.165, 1.54) is 28.0 Å². The standard InChI is InChI=1S/C37H31Br2ClN4O8S/c1-14-18-10-15(40)6-9-24(18)53-31(14)22-13-25(42(3)41-22)43-33(47)21-11-19-16(7-8-17-26(19)34(48)44(32(17)46)36(50)52-5)27(37(21,2)35(43)49)20-12-23(51-4)30(45)29(39)28(20)38/h6-7,9-10,12-13,17,19,21,26-27,45H,8,11H2,1-5H3/t17-,19+,21-,26-,27+,37+/m0/s1. The second-order valence-electron chi connectivity index (χ2n) is 14.0. The number of hydrogen-bond donors (Lipinski definition) is 1. The molecule has 2 saturated heterocycles. The summed E-state index contributed by atoms with van der Waals surface area (Å²) in [6, 6.07) is 9.02. The van der Waals surface area contributed by atoms with Crippen LogP contribution in [0.15, 0.2) is 50.9 Å². The second kappa shape index (κ2) is 12.5. The number of carbonyl (C=O) groups excluding carboxylic acids is 5. The number of aromatic hydroxyl groups is 1. The van der Waals surface area contributed by atoms with Gasteiger partial charge in [0.15, 0.2) is 11.5 Å². The van der Waals surface area contributed by atoms with Crippen molar-refractivity contribution >= 4 is 100 Å². The van der Waals surface area contributed by atoms with Gasteiger partial charge >= 0.3 is 6.09 Å². The number of aryl methyl sites for hydroxylation is 2. The number of phenols is 1. The van der Waals surface area contributed by atoms with Crippen LogP contribution in [0.3, 0.4) is 0 Å². The molecule has 2 aliphatic carbocycles. The van der Waals surface area contributed by atoms with E-state index in [1.54, 1.807) is 26.1 Å². The van der Waals surface area contributed by atoms with E-state index in [9.17, 15) is 24.3 Å². The number of amides is 5. The van der Waals surface area contributed by atoms with Crippen LogP contribution in [0.4, 0.5) is 10.6 Å². The minimum Gasteiger partial charge on any atom is -0.503 e. The summed E-state index contributed by atoms with van der Waals surface area (Å²) in [5, 5.41) is 17.2. The van der Waals surface area contributed by atoms with E-state index < -0.39 is 64.7 Å². The van der Waals surface area contributed by atoms with Crippen molar-refractivity contribution in [2.75, 3.05) is 19.1 Å². The Balaban J connectivity index is 1.29. The van der Waals surface area contributed by atoms with E-state index in [1.807, 2.05) is 31.2 Å². The summed E-state index contributed by atoms with van der Waals surface area (Å²) in [7, 11) is 4.18. The van der Waals surface area contributed by atoms with E-state index in [4.69, 9.17) is 26.2 Å². The van der Waals surface area contributed by atoms with Gasteiger partial charge in [-0.3, -0.25) is 23.9 Å². The number of carbonyl (C=O) groups is 5. The Bertz CT molecular complexity index is 2390. The predicted molar refractivity (Wildman–Crippen MR) is 203 cm³/mol. The lowest BCUT2D eigenvalue weighted by Crippen LogP contribution is -2.49. The third-order valence-electron chi connectivity index (χ3n) is 11.6. The van der Waals surface area contributed by atoms with Gasteiger partial charge in [-0.15, -0.1) is 11.3 Å². The van der Waals surface area contributed by atoms with Crippen LogP contribution in [-0.4, -0.2) is 63.7 Å². The summed E-state index contributed by atoms with van der Waals surface area (Å²) < 4.78 is 13.6. The van der Waals surface area contributed by atoms with Crippen LogP contribution in [-0.2, 0) is 31.0 Å². The van der Waals surface area contributed by atoms with Crippen molar-refractivity contribution in [2.45, 2.75) is 32.6 Å². The number of nitrogens with zero attached hydrogens (tertiary/aromatic N) is 4. The number of hydrogen-bond acceptors (Lipinski definition) is 10. The molecule has 0 bridgehead atoms. The van der Waals surface area contributed by atoms with Crippen LogP contribution in [0, 0.1) is 36.0 Å². The van der Waals surface area contributed by atoms with E-state index in [2.05, 4.69) is 31.9 Å². The van der Waals surface area contributed by atoms with Gasteiger partial charge in [0.1, 0.15) is 11.5 Å². The van der Waals surface area contributed by atoms with Gasteiger partial charge < -0.3 is 14.6 Å². The van der Waals surface area contributed by atoms with Gasteiger partial charge in [0, 0.05) is 33.2 Å². The van der Waals surface area contributed by atoms with E-state index in [0.29, 0.717) is 31.2 Å². The maximum absolute atomic E-state index is 15.1. The van der Waals surface area contributed by atoms with Crippen LogP contribution in [0.2, 0.25) is 5.02 Å². The fourth-order valence-corrected chi connectivity index (χ4v) is 11.3. The molecule has 3 fully saturated rings. The lowest BCUT2D eigenvalue weighted by atomic mass is 9.51. The van der Waals surface area contributed by atoms with Crippen LogP contribution in [0.1, 0.15) is 36.8 Å². The number of ether oxygens (including phenoxy) is 2. The highest BCUT2D eigenvalue weighted by atomic mass is 79.9. The predicted octanol–water partition coefficient (Wildman–Crippen LogP) is 7.50. The summed E-state index contributed by atoms with van der Waals surface area (Å²) in [6.07, 6.45) is 1.01. The quantitative estimate of drug-likeness (QED) is 0.163. The average molecular weight is 887 g/mol. The van der Waals surface area contributed by atoms with Crippen molar-refractivity contribution in [3.05, 3.63) is 67.1 Å². The molecular weight excluding hydrogens is 856 g/mol. The molecule has 6 atom stereocenters. The average Bonchev–Trinajstić information content (AvgIpc) is 3.81. The van der Waals surface area contributed by atoms with Gasteiger partial charge in [-0.1, -0.05) is 23.3 Å². The number of aromatic nitrogens is 2. The van der Waals surface area contributed by atoms with Gasteiger partial charge in [-0.2, -0.15) is 10.00 Å². The molecule has 2 aromatic carbocycles. The van der Waals surface area contributed by atoms with Gasteiger partial charge in [0.05, 0.1) is 46.7 Å². The molecule has 4 heterocycles. The fourth-order valence-electron chi connectivity index (χ4n) is 9.04. The van der Waals surface area contributed by atoms with Gasteiger partial charge in [0.25, 0.3) is 0 Å². The Morgan fingerprint density at radius 2 is 1.79 bits per heavy atom. The number of halogens is 3. The molecule has 0 spiro atoms. The van der Waals surface area contributed by atoms with Crippen molar-refractivity contribution in [3.63, 3.8) is 0 Å². The SMILES string of the molecule is COC(=O)N1C(=O)[C@H]2[C@H](CC=C3[C@H]2C[C@H]2C(=O)N(c4cc(-c5sc6ccc(Cl)cc6c5C)nn4C)C(=O)[C@@]2(C)[C@H]3c2cc(OC)c(O)c(Br)c2Br)C1=O. The van der Waals surface area contributed by atoms with Crippen molar-refractivity contribution in [1.29, 1.82) is 0 Å². The number of anilines is 1. The molecule has 0 radical (unpaired) electrons. The molecule has 4 aliphatic rings. The van der Waals surface area contributed by atoms with E-state index >= 15 is 4.79 Å². The zero-order valence-electron chi connectivity index (χ0n) is 28.9. The molecule has 0 unspecified atom stereocenters. The second-order valence-corrected chi connectivity index (χ2v) is 17.1. The third kappa shape index (κ3) is 4.89. The van der Waals surface area contributed by atoms with Gasteiger partial charge in [-0.25, -0.2) is 9.69 Å². The number of imide groups is 4. The largest absolute Gasteiger partial charge is 0.503 e. The van der Waals surface area contributed by atoms with Crippen molar-refractivity contribution in [1.82, 2.24) is 14.7 Å². The number of fused-ring (bicyclic) bond motifs is 5. The smallest absolute Gasteiger partial charge is 0.423 e. The van der Waals surface area contributed by atoms with Gasteiger partial charge in [-0.05, 0) is 105 Å². The van der Waals surface area contributed by atoms with Crippen LogP contribution >= 0.6 is 54.8 Å². The Morgan fingerprint density at radius 3 is 2.49 bits per heavy atom. The first-order chi connectivity index (χ1) is 25.1. The molecule has 5 amide bonds. The molecule has 53 heavy (non-hydrogen) atoms. The third-order valence-corrected chi connectivity index (χ3v) is 15.2. The highest BCUT2D eigenvalue weighted by Crippen LogP contribution is 2.65. The minimum atomic E-state index is -1.40. The first-order valence-electron chi connectivity index (χ1n) is 16.7. The number of thiophene rings is 1. The Kier molecular flexibility index (Phi) is 8.48. The molecule has 8 rings (SSSR count). The van der Waals surface area contributed by atoms with Crippen molar-refractivity contribution in [3.8, 4) is 22.1 Å². The van der Waals surface area contributed by atoms with E-state index in [-0.39, 0.29) is 34.6 Å². The van der Waals surface area contributed by atoms with Gasteiger partial charge in [0.2, 0.25) is 23.6 Å². The summed E-state index contributed by atoms with van der Waals surface area (Å²) in [5.41, 5.74) is 1.37. The number of benzene rings is 2. The lowest BCUT2D eigenvalue weighted by molar-refractivity contribution is -0.138. The van der Waals surface area contributed by atoms with Crippen molar-refractivity contribution in [2.24, 2.45) is 36.1 Å². The Hall–Kier alpha value is -4.05. The number of rotatable bonds is 4. The number of likely N-dealkylation sites (tertiary alicyclic amines) is 1. The summed E-state index contributed by atoms with van der Waals surface area (Å²) in [5.74, 6) is -6.31. The highest BCUT2D eigenvalue weighted by Gasteiger charge is 2.68. The number of allylic oxidation sites excluding steroid dienone is 2. The first-order valence-corrected chi connectivity index (χ1v) is 19.5. The minimum absolute atomic E-state index is 0.0734. The number of methoxy groups -OCH3 is 2. The Labute approximate surface area is 328 Å². The zero-order valence-corrected chi connectivity index (χ0v) is 33.6. The maximum atomic E-state index is 15.1. The molecule has 2 aromatic heterocycles. The topological polar surface area (TPSA) is 148 Å². The summed E-state index contributed by atoms with van der Waals surface area (Å²) in [4.78, 5) is 72.6. The molecule has 274 valence electrons. The molecule has 1 saturated carbocycles. The van der Waals surface area contributed by atoms with Crippen LogP contribution < -0.4 is 9.64 Å². The molecule has 16 heteroatoms. The lowest BCUT2D eigenvalue weighted by Gasteiger charge is -2.49. The molecule has 1 N–H and O–H groups in total. The molecule has 4 aromatic rings. The van der Waals surface area contributed by atoms with E-state index in [0.717, 1.165) is 27.6 Å². The van der Waals surface area contributed by atoms with Crippen LogP contribution in [0.5, 0.6) is 11.5 Å². The van der Waals surface area contributed by atoms with Crippen LogP contribution in [0.25, 0.3) is 20.7 Å². The number of phenolic OH excluding ortho intramolecular Hbond substituents is 1. The fraction of sp³-hybridized carbons (Fsp3) is 0.351. The molecule has 12 nitrogen and oxygen atoms in total. The zero-order chi connectivity index (χ0) is 38.0. The first kappa shape index (κ1) is 36.0. The summed E-state index contributed by atoms with van der Waals surface area (Å²) in [6.45, 7) is 3.73. The monoisotopic (exact) mass is 884 g/mol. The Morgan fingerprint density at radius 1 is 1.06 bits per heavy atom. The maximum Gasteiger partial charge on any atom is 0.423 e.